The molecule has 0 unspecified atom stereocenters. The molecule has 1 rings (SSSR count). The molecular weight excluding hydrogens is 205 g/mol. The third kappa shape index (κ3) is 2.40. The Morgan fingerprint density at radius 2 is 1.87 bits per heavy atom. The Kier molecular flexibility index (Phi) is 2.89. The van der Waals surface area contributed by atoms with Crippen LogP contribution in [-0.4, -0.2) is 14.1 Å². The molecule has 2 nitrogen and oxygen atoms in total. The van der Waals surface area contributed by atoms with Gasteiger partial charge in [0.1, 0.15) is 0 Å². The third-order valence-corrected chi connectivity index (χ3v) is 1.95. The maximum absolute atomic E-state index is 12.4. The molecule has 0 bridgehead atoms. The molecule has 5 heteroatoms. The van der Waals surface area contributed by atoms with Gasteiger partial charge in [0.2, 0.25) is 0 Å². The third-order valence-electron chi connectivity index (χ3n) is 1.95. The van der Waals surface area contributed by atoms with Gasteiger partial charge in [0.05, 0.1) is 17.2 Å². The molecule has 0 aliphatic rings. The highest BCUT2D eigenvalue weighted by Crippen LogP contribution is 2.33. The number of halogens is 3. The van der Waals surface area contributed by atoms with Crippen molar-refractivity contribution in [1.82, 2.24) is 0 Å². The second-order valence-electron chi connectivity index (χ2n) is 3.23. The number of hydrogen-bond acceptors (Lipinski definition) is 2. The summed E-state index contributed by atoms with van der Waals surface area (Å²) in [5.41, 5.74) is -0.677. The van der Waals surface area contributed by atoms with Gasteiger partial charge >= 0.3 is 6.18 Å². The van der Waals surface area contributed by atoms with Crippen LogP contribution in [0.2, 0.25) is 0 Å². The van der Waals surface area contributed by atoms with Crippen LogP contribution < -0.4 is 4.90 Å². The van der Waals surface area contributed by atoms with Gasteiger partial charge in [-0.25, -0.2) is 0 Å². The second kappa shape index (κ2) is 3.81. The summed E-state index contributed by atoms with van der Waals surface area (Å²) >= 11 is 0. The quantitative estimate of drug-likeness (QED) is 0.718. The first kappa shape index (κ1) is 11.4. The van der Waals surface area contributed by atoms with Crippen LogP contribution in [0.4, 0.5) is 18.9 Å². The summed E-state index contributed by atoms with van der Waals surface area (Å²) in [4.78, 5) is 1.64. The molecule has 0 aliphatic heterocycles. The highest BCUT2D eigenvalue weighted by molar-refractivity contribution is 5.54. The lowest BCUT2D eigenvalue weighted by Crippen LogP contribution is -2.12. The van der Waals surface area contributed by atoms with Gasteiger partial charge in [-0.05, 0) is 18.2 Å². The molecule has 0 aromatic heterocycles. The molecule has 0 saturated heterocycles. The van der Waals surface area contributed by atoms with Crippen LogP contribution in [0.15, 0.2) is 18.2 Å². The van der Waals surface area contributed by atoms with E-state index in [1.807, 2.05) is 0 Å². The fraction of sp³-hybridized carbons (Fsp3) is 0.300. The van der Waals surface area contributed by atoms with Crippen LogP contribution in [0, 0.1) is 11.3 Å². The monoisotopic (exact) mass is 214 g/mol. The lowest BCUT2D eigenvalue weighted by molar-refractivity contribution is -0.137. The number of benzene rings is 1. The van der Waals surface area contributed by atoms with E-state index < -0.39 is 11.7 Å². The maximum atomic E-state index is 12.4. The van der Waals surface area contributed by atoms with Crippen molar-refractivity contribution in [3.05, 3.63) is 29.3 Å². The number of nitrogens with zero attached hydrogens (tertiary/aromatic N) is 2. The summed E-state index contributed by atoms with van der Waals surface area (Å²) in [5, 5.41) is 8.62. The zero-order valence-corrected chi connectivity index (χ0v) is 8.26. The van der Waals surface area contributed by atoms with Crippen molar-refractivity contribution in [3.8, 4) is 6.07 Å². The minimum Gasteiger partial charge on any atom is -0.378 e. The molecule has 1 aromatic rings. The highest BCUT2D eigenvalue weighted by Gasteiger charge is 2.33. The average molecular weight is 214 g/mol. The van der Waals surface area contributed by atoms with E-state index in [4.69, 9.17) is 5.26 Å². The standard InChI is InChI=1S/C10H9F3N2/c1-15(2)8-3-4-9(10(11,12)13)7(5-8)6-14/h3-5H,1-2H3. The van der Waals surface area contributed by atoms with E-state index in [-0.39, 0.29) is 5.56 Å². The van der Waals surface area contributed by atoms with Crippen LogP contribution in [0.1, 0.15) is 11.1 Å². The van der Waals surface area contributed by atoms with E-state index in [2.05, 4.69) is 0 Å². The highest BCUT2D eigenvalue weighted by atomic mass is 19.4. The van der Waals surface area contributed by atoms with Crippen LogP contribution >= 0.6 is 0 Å². The predicted molar refractivity (Wildman–Crippen MR) is 50.5 cm³/mol. The predicted octanol–water partition coefficient (Wildman–Crippen LogP) is 2.64. The Bertz CT molecular complexity index is 402. The molecule has 1 aromatic carbocycles. The molecule has 0 spiro atoms. The van der Waals surface area contributed by atoms with Gasteiger partial charge in [0.25, 0.3) is 0 Å². The van der Waals surface area contributed by atoms with Crippen LogP contribution in [0.25, 0.3) is 0 Å². The molecule has 0 saturated carbocycles. The largest absolute Gasteiger partial charge is 0.417 e. The van der Waals surface area contributed by atoms with Crippen LogP contribution in [0.5, 0.6) is 0 Å². The van der Waals surface area contributed by atoms with Crippen molar-refractivity contribution in [2.75, 3.05) is 19.0 Å². The Morgan fingerprint density at radius 3 is 2.27 bits per heavy atom. The maximum Gasteiger partial charge on any atom is 0.417 e. The topological polar surface area (TPSA) is 27.0 Å². The smallest absolute Gasteiger partial charge is 0.378 e. The first-order valence-electron chi connectivity index (χ1n) is 4.15. The molecule has 0 atom stereocenters. The first-order chi connectivity index (χ1) is 6.86. The fourth-order valence-electron chi connectivity index (χ4n) is 1.15. The van der Waals surface area contributed by atoms with E-state index >= 15 is 0 Å². The second-order valence-corrected chi connectivity index (χ2v) is 3.23. The van der Waals surface area contributed by atoms with Crippen molar-refractivity contribution in [1.29, 1.82) is 5.26 Å². The van der Waals surface area contributed by atoms with E-state index in [1.54, 1.807) is 25.1 Å². The number of rotatable bonds is 1. The molecule has 0 radical (unpaired) electrons. The minimum atomic E-state index is -4.48. The summed E-state index contributed by atoms with van der Waals surface area (Å²) in [6.45, 7) is 0. The molecule has 0 N–H and O–H groups in total. The first-order valence-corrected chi connectivity index (χ1v) is 4.15. The lowest BCUT2D eigenvalue weighted by atomic mass is 10.1. The summed E-state index contributed by atoms with van der Waals surface area (Å²) in [7, 11) is 3.40. The molecule has 15 heavy (non-hydrogen) atoms. The number of anilines is 1. The Morgan fingerprint density at radius 1 is 1.27 bits per heavy atom. The van der Waals surface area contributed by atoms with Gasteiger partial charge in [-0.15, -0.1) is 0 Å². The SMILES string of the molecule is CN(C)c1ccc(C(F)(F)F)c(C#N)c1. The molecular formula is C10H9F3N2. The van der Waals surface area contributed by atoms with Crippen molar-refractivity contribution >= 4 is 5.69 Å². The lowest BCUT2D eigenvalue weighted by Gasteiger charge is -2.15. The molecule has 80 valence electrons. The van der Waals surface area contributed by atoms with Crippen molar-refractivity contribution < 1.29 is 13.2 Å². The summed E-state index contributed by atoms with van der Waals surface area (Å²) in [6.07, 6.45) is -4.48. The van der Waals surface area contributed by atoms with Crippen molar-refractivity contribution in [3.63, 3.8) is 0 Å². The van der Waals surface area contributed by atoms with Crippen LogP contribution in [0.3, 0.4) is 0 Å². The van der Waals surface area contributed by atoms with Crippen molar-refractivity contribution in [2.45, 2.75) is 6.18 Å². The summed E-state index contributed by atoms with van der Waals surface area (Å²) < 4.78 is 37.2. The normalized spacial score (nSPS) is 10.9. The summed E-state index contributed by atoms with van der Waals surface area (Å²) in [5.74, 6) is 0. The molecule has 0 amide bonds. The van der Waals surface area contributed by atoms with Gasteiger partial charge in [-0.3, -0.25) is 0 Å². The minimum absolute atomic E-state index is 0.353. The zero-order chi connectivity index (χ0) is 11.6. The van der Waals surface area contributed by atoms with Gasteiger partial charge < -0.3 is 4.90 Å². The van der Waals surface area contributed by atoms with E-state index in [0.29, 0.717) is 5.69 Å². The Labute approximate surface area is 85.5 Å². The molecule has 0 aliphatic carbocycles. The molecule has 0 fully saturated rings. The van der Waals surface area contributed by atoms with Gasteiger partial charge in [0.15, 0.2) is 0 Å². The Hall–Kier alpha value is -1.70. The van der Waals surface area contributed by atoms with E-state index in [9.17, 15) is 13.2 Å². The fourth-order valence-corrected chi connectivity index (χ4v) is 1.15. The van der Waals surface area contributed by atoms with E-state index in [1.165, 1.54) is 12.1 Å². The van der Waals surface area contributed by atoms with Gasteiger partial charge in [0, 0.05) is 19.8 Å². The van der Waals surface area contributed by atoms with Gasteiger partial charge in [-0.2, -0.15) is 18.4 Å². The van der Waals surface area contributed by atoms with Crippen molar-refractivity contribution in [2.24, 2.45) is 0 Å². The average Bonchev–Trinajstić information content (AvgIpc) is 2.15. The zero-order valence-electron chi connectivity index (χ0n) is 8.26. The number of alkyl halides is 3. The van der Waals surface area contributed by atoms with E-state index in [0.717, 1.165) is 6.07 Å². The van der Waals surface area contributed by atoms with Gasteiger partial charge in [-0.1, -0.05) is 0 Å². The van der Waals surface area contributed by atoms with Crippen LogP contribution in [-0.2, 0) is 6.18 Å². The Balaban J connectivity index is 3.29. The number of hydrogen-bond donors (Lipinski definition) is 0. The number of nitriles is 1. The molecule has 0 heterocycles. The summed E-state index contributed by atoms with van der Waals surface area (Å²) in [6, 6.07) is 5.04.